The van der Waals surface area contributed by atoms with Crippen molar-refractivity contribution in [3.8, 4) is 5.75 Å². The van der Waals surface area contributed by atoms with Gasteiger partial charge in [-0.05, 0) is 49.4 Å². The first-order chi connectivity index (χ1) is 13.9. The number of rotatable bonds is 11. The highest BCUT2D eigenvalue weighted by atomic mass is 32.2. The lowest BCUT2D eigenvalue weighted by Gasteiger charge is -2.18. The number of nitrogens with zero attached hydrogens (tertiary/aromatic N) is 1. The zero-order chi connectivity index (χ0) is 21.3. The molecule has 0 heterocycles. The first-order valence-corrected chi connectivity index (χ1v) is 11.1. The molecule has 0 bridgehead atoms. The van der Waals surface area contributed by atoms with E-state index in [1.165, 1.54) is 16.4 Å². The van der Waals surface area contributed by atoms with Gasteiger partial charge in [0.05, 0.1) is 11.5 Å². The fraction of sp³-hybridized carbons (Fsp3) is 0.381. The maximum atomic E-state index is 12.5. The summed E-state index contributed by atoms with van der Waals surface area (Å²) in [5.74, 6) is 0.276. The van der Waals surface area contributed by atoms with Crippen LogP contribution in [0.1, 0.15) is 31.1 Å². The van der Waals surface area contributed by atoms with Crippen LogP contribution in [0.2, 0.25) is 0 Å². The summed E-state index contributed by atoms with van der Waals surface area (Å²) in [6, 6.07) is 13.0. The summed E-state index contributed by atoms with van der Waals surface area (Å²) < 4.78 is 37.2. The molecule has 1 amide bonds. The average molecular weight is 421 g/mol. The number of benzene rings is 2. The molecule has 2 aromatic carbocycles. The maximum absolute atomic E-state index is 12.5. The van der Waals surface area contributed by atoms with Crippen molar-refractivity contribution in [1.29, 1.82) is 0 Å². The molecule has 8 heteroatoms. The zero-order valence-corrected chi connectivity index (χ0v) is 17.9. The van der Waals surface area contributed by atoms with Crippen molar-refractivity contribution in [3.05, 3.63) is 54.1 Å². The van der Waals surface area contributed by atoms with Crippen LogP contribution in [-0.4, -0.2) is 51.5 Å². The lowest BCUT2D eigenvalue weighted by molar-refractivity contribution is 0.102. The zero-order valence-electron chi connectivity index (χ0n) is 17.1. The molecule has 0 aliphatic rings. The molecule has 1 N–H and O–H groups in total. The number of carbonyl (C=O) groups excluding carboxylic acids is 1. The summed E-state index contributed by atoms with van der Waals surface area (Å²) in [5, 5.41) is 2.77. The molecule has 0 aliphatic heterocycles. The van der Waals surface area contributed by atoms with Crippen molar-refractivity contribution in [3.63, 3.8) is 0 Å². The van der Waals surface area contributed by atoms with E-state index in [0.717, 1.165) is 0 Å². The van der Waals surface area contributed by atoms with E-state index in [-0.39, 0.29) is 10.8 Å². The summed E-state index contributed by atoms with van der Waals surface area (Å²) in [5.41, 5.74) is 0.954. The summed E-state index contributed by atoms with van der Waals surface area (Å²) in [7, 11) is -3.52. The summed E-state index contributed by atoms with van der Waals surface area (Å²) in [6.45, 7) is 7.82. The van der Waals surface area contributed by atoms with E-state index < -0.39 is 10.0 Å². The number of hydrogen-bond acceptors (Lipinski definition) is 5. The smallest absolute Gasteiger partial charge is 0.255 e. The second-order valence-electron chi connectivity index (χ2n) is 6.14. The third kappa shape index (κ3) is 6.28. The minimum absolute atomic E-state index is 0.198. The SMILES string of the molecule is CCOCCOc1cccc(C(=O)Nc2ccc(S(=O)(=O)N(CC)CC)cc2)c1. The van der Waals surface area contributed by atoms with Gasteiger partial charge in [0.2, 0.25) is 10.0 Å². The van der Waals surface area contributed by atoms with Crippen LogP contribution in [0.25, 0.3) is 0 Å². The number of hydrogen-bond donors (Lipinski definition) is 1. The van der Waals surface area contributed by atoms with Crippen LogP contribution < -0.4 is 10.1 Å². The third-order valence-corrected chi connectivity index (χ3v) is 6.32. The lowest BCUT2D eigenvalue weighted by atomic mass is 10.2. The van der Waals surface area contributed by atoms with Gasteiger partial charge in [0.15, 0.2) is 0 Å². The predicted octanol–water partition coefficient (Wildman–Crippen LogP) is 3.38. The van der Waals surface area contributed by atoms with Crippen LogP contribution >= 0.6 is 0 Å². The highest BCUT2D eigenvalue weighted by molar-refractivity contribution is 7.89. The van der Waals surface area contributed by atoms with Crippen molar-refractivity contribution in [2.75, 3.05) is 38.2 Å². The van der Waals surface area contributed by atoms with Crippen molar-refractivity contribution in [2.45, 2.75) is 25.7 Å². The fourth-order valence-corrected chi connectivity index (χ4v) is 4.17. The van der Waals surface area contributed by atoms with E-state index in [4.69, 9.17) is 9.47 Å². The highest BCUT2D eigenvalue weighted by Crippen LogP contribution is 2.20. The molecule has 0 radical (unpaired) electrons. The minimum atomic E-state index is -3.52. The van der Waals surface area contributed by atoms with E-state index in [1.54, 1.807) is 50.2 Å². The Labute approximate surface area is 172 Å². The highest BCUT2D eigenvalue weighted by Gasteiger charge is 2.21. The van der Waals surface area contributed by atoms with Gasteiger partial charge < -0.3 is 14.8 Å². The topological polar surface area (TPSA) is 84.9 Å². The van der Waals surface area contributed by atoms with Crippen LogP contribution in [-0.2, 0) is 14.8 Å². The molecule has 0 atom stereocenters. The number of carbonyl (C=O) groups is 1. The largest absolute Gasteiger partial charge is 0.491 e. The van der Waals surface area contributed by atoms with E-state index in [2.05, 4.69) is 5.32 Å². The molecule has 0 saturated carbocycles. The van der Waals surface area contributed by atoms with Crippen molar-refractivity contribution in [2.24, 2.45) is 0 Å². The number of anilines is 1. The quantitative estimate of drug-likeness (QED) is 0.563. The van der Waals surface area contributed by atoms with E-state index in [1.807, 2.05) is 6.92 Å². The molecule has 0 aromatic heterocycles. The normalized spacial score (nSPS) is 11.4. The van der Waals surface area contributed by atoms with Gasteiger partial charge in [-0.2, -0.15) is 4.31 Å². The Morgan fingerprint density at radius 1 is 1.00 bits per heavy atom. The van der Waals surface area contributed by atoms with Crippen LogP contribution in [0.15, 0.2) is 53.4 Å². The maximum Gasteiger partial charge on any atom is 0.255 e. The van der Waals surface area contributed by atoms with Gasteiger partial charge in [0, 0.05) is 30.9 Å². The second kappa shape index (κ2) is 10.9. The number of ether oxygens (including phenoxy) is 2. The molecular formula is C21H28N2O5S. The van der Waals surface area contributed by atoms with Crippen molar-refractivity contribution < 1.29 is 22.7 Å². The van der Waals surface area contributed by atoms with Gasteiger partial charge in [-0.1, -0.05) is 19.9 Å². The molecular weight excluding hydrogens is 392 g/mol. The standard InChI is InChI=1S/C21H28N2O5S/c1-4-23(5-2)29(25,26)20-12-10-18(11-13-20)22-21(24)17-8-7-9-19(16-17)28-15-14-27-6-3/h7-13,16H,4-6,14-15H2,1-3H3,(H,22,24). The number of nitrogens with one attached hydrogen (secondary N) is 1. The van der Waals surface area contributed by atoms with Crippen LogP contribution in [0, 0.1) is 0 Å². The fourth-order valence-electron chi connectivity index (χ4n) is 2.72. The molecule has 158 valence electrons. The minimum Gasteiger partial charge on any atom is -0.491 e. The molecule has 0 saturated heterocycles. The first kappa shape index (κ1) is 22.9. The second-order valence-corrected chi connectivity index (χ2v) is 8.08. The Kier molecular flexibility index (Phi) is 8.63. The Bertz CT molecular complexity index is 894. The van der Waals surface area contributed by atoms with Gasteiger partial charge in [-0.3, -0.25) is 4.79 Å². The number of sulfonamides is 1. The molecule has 0 spiro atoms. The Morgan fingerprint density at radius 2 is 1.69 bits per heavy atom. The van der Waals surface area contributed by atoms with Gasteiger partial charge in [-0.15, -0.1) is 0 Å². The van der Waals surface area contributed by atoms with E-state index in [0.29, 0.717) is 49.9 Å². The molecule has 2 rings (SSSR count). The van der Waals surface area contributed by atoms with Crippen LogP contribution in [0.5, 0.6) is 5.75 Å². The predicted molar refractivity (Wildman–Crippen MR) is 113 cm³/mol. The van der Waals surface area contributed by atoms with E-state index >= 15 is 0 Å². The van der Waals surface area contributed by atoms with Gasteiger partial charge >= 0.3 is 0 Å². The van der Waals surface area contributed by atoms with Gasteiger partial charge in [-0.25, -0.2) is 8.42 Å². The average Bonchev–Trinajstić information content (AvgIpc) is 2.72. The molecule has 29 heavy (non-hydrogen) atoms. The van der Waals surface area contributed by atoms with E-state index in [9.17, 15) is 13.2 Å². The number of amides is 1. The van der Waals surface area contributed by atoms with Crippen molar-refractivity contribution in [1.82, 2.24) is 4.31 Å². The van der Waals surface area contributed by atoms with Crippen molar-refractivity contribution >= 4 is 21.6 Å². The molecule has 2 aromatic rings. The Morgan fingerprint density at radius 3 is 2.31 bits per heavy atom. The van der Waals surface area contributed by atoms with Crippen LogP contribution in [0.3, 0.4) is 0 Å². The summed E-state index contributed by atoms with van der Waals surface area (Å²) >= 11 is 0. The van der Waals surface area contributed by atoms with Crippen LogP contribution in [0.4, 0.5) is 5.69 Å². The third-order valence-electron chi connectivity index (χ3n) is 4.25. The molecule has 0 aliphatic carbocycles. The molecule has 7 nitrogen and oxygen atoms in total. The Hall–Kier alpha value is -2.42. The summed E-state index contributed by atoms with van der Waals surface area (Å²) in [4.78, 5) is 12.7. The molecule has 0 fully saturated rings. The molecule has 0 unspecified atom stereocenters. The van der Waals surface area contributed by atoms with Gasteiger partial charge in [0.25, 0.3) is 5.91 Å². The lowest BCUT2D eigenvalue weighted by Crippen LogP contribution is -2.30. The summed E-state index contributed by atoms with van der Waals surface area (Å²) in [6.07, 6.45) is 0. The van der Waals surface area contributed by atoms with Gasteiger partial charge in [0.1, 0.15) is 12.4 Å². The monoisotopic (exact) mass is 420 g/mol. The first-order valence-electron chi connectivity index (χ1n) is 9.64. The Balaban J connectivity index is 2.04.